The van der Waals surface area contributed by atoms with Crippen molar-refractivity contribution < 1.29 is 24.3 Å². The van der Waals surface area contributed by atoms with E-state index in [4.69, 9.17) is 5.73 Å². The van der Waals surface area contributed by atoms with Crippen molar-refractivity contribution >= 4 is 23.7 Å². The molecule has 36 heavy (non-hydrogen) atoms. The first kappa shape index (κ1) is 26.9. The van der Waals surface area contributed by atoms with Crippen LogP contribution < -0.4 is 16.4 Å². The van der Waals surface area contributed by atoms with Crippen molar-refractivity contribution in [3.63, 3.8) is 0 Å². The molecule has 1 aromatic heterocycles. The van der Waals surface area contributed by atoms with Crippen LogP contribution in [0.3, 0.4) is 0 Å². The number of amides is 3. The van der Waals surface area contributed by atoms with Gasteiger partial charge >= 0.3 is 5.97 Å². The van der Waals surface area contributed by atoms with Gasteiger partial charge in [-0.05, 0) is 24.3 Å². The zero-order valence-electron chi connectivity index (χ0n) is 20.5. The first-order chi connectivity index (χ1) is 17.2. The molecule has 0 aliphatic carbocycles. The van der Waals surface area contributed by atoms with Crippen molar-refractivity contribution in [3.8, 4) is 0 Å². The lowest BCUT2D eigenvalue weighted by Crippen LogP contribution is -2.58. The van der Waals surface area contributed by atoms with Crippen LogP contribution in [0.1, 0.15) is 37.9 Å². The lowest BCUT2D eigenvalue weighted by atomic mass is 10.0. The Morgan fingerprint density at radius 3 is 2.42 bits per heavy atom. The van der Waals surface area contributed by atoms with Crippen LogP contribution in [0.15, 0.2) is 42.9 Å². The maximum absolute atomic E-state index is 13.5. The minimum Gasteiger partial charge on any atom is -0.480 e. The van der Waals surface area contributed by atoms with E-state index < -0.39 is 47.9 Å². The highest BCUT2D eigenvalue weighted by atomic mass is 16.4. The van der Waals surface area contributed by atoms with E-state index in [1.54, 1.807) is 0 Å². The molecule has 1 fully saturated rings. The van der Waals surface area contributed by atoms with Gasteiger partial charge in [-0.25, -0.2) is 9.78 Å². The molecule has 1 saturated heterocycles. The van der Waals surface area contributed by atoms with Crippen molar-refractivity contribution in [2.75, 3.05) is 6.54 Å². The summed E-state index contributed by atoms with van der Waals surface area (Å²) in [5.41, 5.74) is 7.42. The Morgan fingerprint density at radius 2 is 1.81 bits per heavy atom. The van der Waals surface area contributed by atoms with Gasteiger partial charge in [-0.1, -0.05) is 44.2 Å². The summed E-state index contributed by atoms with van der Waals surface area (Å²) in [4.78, 5) is 59.5. The number of likely N-dealkylation sites (tertiary alicyclic amines) is 1. The van der Waals surface area contributed by atoms with Gasteiger partial charge in [-0.15, -0.1) is 0 Å². The highest BCUT2D eigenvalue weighted by Crippen LogP contribution is 2.19. The summed E-state index contributed by atoms with van der Waals surface area (Å²) in [6.07, 6.45) is 4.19. The third kappa shape index (κ3) is 6.91. The van der Waals surface area contributed by atoms with E-state index in [1.807, 2.05) is 44.2 Å². The van der Waals surface area contributed by atoms with E-state index in [0.717, 1.165) is 5.56 Å². The number of benzene rings is 1. The number of aromatic amines is 1. The van der Waals surface area contributed by atoms with Crippen LogP contribution in [0, 0.1) is 5.92 Å². The van der Waals surface area contributed by atoms with Gasteiger partial charge in [0.15, 0.2) is 0 Å². The molecule has 3 rings (SSSR count). The Balaban J connectivity index is 1.83. The maximum Gasteiger partial charge on any atom is 0.326 e. The maximum atomic E-state index is 13.5. The molecule has 1 aliphatic heterocycles. The van der Waals surface area contributed by atoms with Crippen LogP contribution in [-0.2, 0) is 32.0 Å². The topological polar surface area (TPSA) is 171 Å². The number of aromatic nitrogens is 2. The summed E-state index contributed by atoms with van der Waals surface area (Å²) in [7, 11) is 0. The quantitative estimate of drug-likeness (QED) is 0.295. The second-order valence-electron chi connectivity index (χ2n) is 9.39. The minimum atomic E-state index is -1.08. The molecule has 0 radical (unpaired) electrons. The molecule has 4 atom stereocenters. The summed E-state index contributed by atoms with van der Waals surface area (Å²) in [5.74, 6) is -2.74. The highest BCUT2D eigenvalue weighted by Gasteiger charge is 2.38. The molecule has 0 saturated carbocycles. The van der Waals surface area contributed by atoms with E-state index in [1.165, 1.54) is 17.4 Å². The molecule has 11 nitrogen and oxygen atoms in total. The first-order valence-corrected chi connectivity index (χ1v) is 12.1. The van der Waals surface area contributed by atoms with Gasteiger partial charge in [0, 0.05) is 31.3 Å². The van der Waals surface area contributed by atoms with Crippen LogP contribution in [0.2, 0.25) is 0 Å². The zero-order valence-corrected chi connectivity index (χ0v) is 20.5. The number of carboxylic acid groups (broad SMARTS) is 1. The van der Waals surface area contributed by atoms with E-state index in [9.17, 15) is 24.3 Å². The Hall–Kier alpha value is -3.73. The second kappa shape index (κ2) is 12.3. The van der Waals surface area contributed by atoms with Gasteiger partial charge in [0.25, 0.3) is 0 Å². The number of nitrogens with two attached hydrogens (primary N) is 1. The van der Waals surface area contributed by atoms with Gasteiger partial charge in [0.1, 0.15) is 18.1 Å². The van der Waals surface area contributed by atoms with Gasteiger partial charge in [0.05, 0.1) is 12.4 Å². The lowest BCUT2D eigenvalue weighted by Gasteiger charge is -2.29. The molecular formula is C25H34N6O5. The van der Waals surface area contributed by atoms with Crippen molar-refractivity contribution in [2.45, 2.75) is 63.7 Å². The largest absolute Gasteiger partial charge is 0.480 e. The number of carbonyl (C=O) groups is 4. The summed E-state index contributed by atoms with van der Waals surface area (Å²) >= 11 is 0. The fourth-order valence-corrected chi connectivity index (χ4v) is 4.21. The molecule has 0 bridgehead atoms. The van der Waals surface area contributed by atoms with E-state index in [0.29, 0.717) is 25.1 Å². The summed E-state index contributed by atoms with van der Waals surface area (Å²) in [6, 6.07) is 5.39. The second-order valence-corrected chi connectivity index (χ2v) is 9.39. The Morgan fingerprint density at radius 1 is 1.11 bits per heavy atom. The number of hydrogen-bond donors (Lipinski definition) is 5. The zero-order chi connectivity index (χ0) is 26.2. The molecular weight excluding hydrogens is 464 g/mol. The number of nitrogens with zero attached hydrogens (tertiary/aromatic N) is 2. The van der Waals surface area contributed by atoms with Crippen LogP contribution >= 0.6 is 0 Å². The average molecular weight is 499 g/mol. The van der Waals surface area contributed by atoms with E-state index in [-0.39, 0.29) is 18.8 Å². The Labute approximate surface area is 209 Å². The van der Waals surface area contributed by atoms with Gasteiger partial charge in [-0.2, -0.15) is 0 Å². The molecule has 2 aromatic rings. The van der Waals surface area contributed by atoms with Gasteiger partial charge in [-0.3, -0.25) is 14.4 Å². The van der Waals surface area contributed by atoms with Crippen molar-refractivity contribution in [3.05, 3.63) is 54.1 Å². The van der Waals surface area contributed by atoms with Gasteiger partial charge in [0.2, 0.25) is 17.7 Å². The fourth-order valence-electron chi connectivity index (χ4n) is 4.21. The SMILES string of the molecule is CC(C)C(N)C(=O)NC(Cc1ccccc1)C(=O)NC(Cc1cnc[nH]1)C(=O)N1CCCC1C(=O)O. The van der Waals surface area contributed by atoms with E-state index in [2.05, 4.69) is 20.6 Å². The molecule has 6 N–H and O–H groups in total. The minimum absolute atomic E-state index is 0.0882. The van der Waals surface area contributed by atoms with Crippen molar-refractivity contribution in [1.29, 1.82) is 0 Å². The molecule has 1 aliphatic rings. The number of carbonyl (C=O) groups excluding carboxylic acids is 3. The van der Waals surface area contributed by atoms with Crippen LogP contribution in [0.4, 0.5) is 0 Å². The van der Waals surface area contributed by atoms with Gasteiger partial charge < -0.3 is 31.4 Å². The number of H-pyrrole nitrogens is 1. The third-order valence-corrected chi connectivity index (χ3v) is 6.35. The Kier molecular flexibility index (Phi) is 9.18. The average Bonchev–Trinajstić information content (AvgIpc) is 3.55. The highest BCUT2D eigenvalue weighted by molar-refractivity contribution is 5.94. The van der Waals surface area contributed by atoms with Crippen LogP contribution in [0.25, 0.3) is 0 Å². The molecule has 11 heteroatoms. The smallest absolute Gasteiger partial charge is 0.326 e. The van der Waals surface area contributed by atoms with Crippen LogP contribution in [-0.4, -0.2) is 74.4 Å². The van der Waals surface area contributed by atoms with Crippen molar-refractivity contribution in [1.82, 2.24) is 25.5 Å². The number of rotatable bonds is 11. The third-order valence-electron chi connectivity index (χ3n) is 6.35. The lowest BCUT2D eigenvalue weighted by molar-refractivity contribution is -0.149. The molecule has 194 valence electrons. The van der Waals surface area contributed by atoms with E-state index >= 15 is 0 Å². The normalized spacial score (nSPS) is 17.9. The van der Waals surface area contributed by atoms with Crippen LogP contribution in [0.5, 0.6) is 0 Å². The number of aliphatic carboxylic acids is 1. The number of imidazole rings is 1. The predicted octanol–water partition coefficient (Wildman–Crippen LogP) is 0.223. The monoisotopic (exact) mass is 498 g/mol. The number of hydrogen-bond acceptors (Lipinski definition) is 6. The van der Waals surface area contributed by atoms with Crippen molar-refractivity contribution in [2.24, 2.45) is 11.7 Å². The summed E-state index contributed by atoms with van der Waals surface area (Å²) in [5, 5.41) is 15.0. The summed E-state index contributed by atoms with van der Waals surface area (Å²) in [6.45, 7) is 3.91. The summed E-state index contributed by atoms with van der Waals surface area (Å²) < 4.78 is 0. The molecule has 1 aromatic carbocycles. The molecule has 4 unspecified atom stereocenters. The standard InChI is InChI=1S/C25H34N6O5/c1-15(2)21(26)23(33)29-18(11-16-7-4-3-5-8-16)22(32)30-19(12-17-13-27-14-28-17)24(34)31-10-6-9-20(31)25(35)36/h3-5,7-8,13-15,18-21H,6,9-12,26H2,1-2H3,(H,27,28)(H,29,33)(H,30,32)(H,35,36). The molecule has 2 heterocycles. The molecule has 0 spiro atoms. The fraction of sp³-hybridized carbons (Fsp3) is 0.480. The Bertz CT molecular complexity index is 1040. The number of carboxylic acids is 1. The first-order valence-electron chi connectivity index (χ1n) is 12.1. The molecule has 3 amide bonds. The predicted molar refractivity (Wildman–Crippen MR) is 131 cm³/mol. The number of nitrogens with one attached hydrogen (secondary N) is 3.